The minimum absolute atomic E-state index is 0. The summed E-state index contributed by atoms with van der Waals surface area (Å²) in [6, 6.07) is 3.55. The van der Waals surface area contributed by atoms with Gasteiger partial charge in [-0.1, -0.05) is 23.2 Å². The van der Waals surface area contributed by atoms with E-state index in [1.165, 1.54) is 12.1 Å². The molecule has 3 nitrogen and oxygen atoms in total. The van der Waals surface area contributed by atoms with Gasteiger partial charge >= 0.3 is 29.6 Å². The Bertz CT molecular complexity index is 410. The monoisotopic (exact) mass is 250 g/mol. The Balaban J connectivity index is 0. The van der Waals surface area contributed by atoms with Crippen LogP contribution in [0.15, 0.2) is 23.1 Å². The Labute approximate surface area is 110 Å². The SMILES string of the molecule is O=S(=O)(O)c1ccc(Cl)c(Cl)c1.[H-].[Na+]. The van der Waals surface area contributed by atoms with Crippen molar-refractivity contribution < 1.29 is 44.0 Å². The number of hydrogen-bond acceptors (Lipinski definition) is 2. The molecule has 0 aliphatic heterocycles. The average molecular weight is 251 g/mol. The molecule has 7 heteroatoms. The maximum Gasteiger partial charge on any atom is 1.00 e. The van der Waals surface area contributed by atoms with Gasteiger partial charge < -0.3 is 1.43 Å². The number of benzene rings is 1. The van der Waals surface area contributed by atoms with Crippen LogP contribution in [0.2, 0.25) is 10.0 Å². The first-order valence-electron chi connectivity index (χ1n) is 2.84. The summed E-state index contributed by atoms with van der Waals surface area (Å²) in [6.07, 6.45) is 0. The van der Waals surface area contributed by atoms with Crippen LogP contribution in [0.1, 0.15) is 1.43 Å². The summed E-state index contributed by atoms with van der Waals surface area (Å²) in [7, 11) is -4.19. The summed E-state index contributed by atoms with van der Waals surface area (Å²) in [5.74, 6) is 0. The first kappa shape index (κ1) is 13.7. The smallest absolute Gasteiger partial charge is 1.00 e. The van der Waals surface area contributed by atoms with E-state index in [0.717, 1.165) is 6.07 Å². The van der Waals surface area contributed by atoms with Gasteiger partial charge in [0.2, 0.25) is 0 Å². The number of rotatable bonds is 1. The summed E-state index contributed by atoms with van der Waals surface area (Å²) in [6.45, 7) is 0. The molecule has 0 unspecified atom stereocenters. The molecule has 0 heterocycles. The second kappa shape index (κ2) is 4.98. The summed E-state index contributed by atoms with van der Waals surface area (Å²) in [4.78, 5) is -0.267. The van der Waals surface area contributed by atoms with E-state index in [2.05, 4.69) is 0 Å². The fourth-order valence-corrected chi connectivity index (χ4v) is 1.51. The maximum absolute atomic E-state index is 10.6. The average Bonchev–Trinajstić information content (AvgIpc) is 1.92. The van der Waals surface area contributed by atoms with Gasteiger partial charge in [0.25, 0.3) is 10.1 Å². The van der Waals surface area contributed by atoms with Crippen LogP contribution in [0.3, 0.4) is 0 Å². The topological polar surface area (TPSA) is 54.4 Å². The molecule has 0 atom stereocenters. The van der Waals surface area contributed by atoms with Crippen molar-refractivity contribution in [3.63, 3.8) is 0 Å². The van der Waals surface area contributed by atoms with E-state index in [-0.39, 0.29) is 45.9 Å². The maximum atomic E-state index is 10.6. The van der Waals surface area contributed by atoms with Gasteiger partial charge in [-0.25, -0.2) is 0 Å². The van der Waals surface area contributed by atoms with Crippen molar-refractivity contribution >= 4 is 33.3 Å². The van der Waals surface area contributed by atoms with Crippen molar-refractivity contribution in [2.45, 2.75) is 4.90 Å². The summed E-state index contributed by atoms with van der Waals surface area (Å²) < 4.78 is 29.7. The van der Waals surface area contributed by atoms with Crippen LogP contribution in [0.5, 0.6) is 0 Å². The van der Waals surface area contributed by atoms with Crippen molar-refractivity contribution in [3.05, 3.63) is 28.2 Å². The van der Waals surface area contributed by atoms with E-state index >= 15 is 0 Å². The molecule has 1 N–H and O–H groups in total. The van der Waals surface area contributed by atoms with E-state index in [1.54, 1.807) is 0 Å². The third-order valence-corrected chi connectivity index (χ3v) is 2.78. The Morgan fingerprint density at radius 2 is 1.77 bits per heavy atom. The van der Waals surface area contributed by atoms with E-state index < -0.39 is 10.1 Å². The standard InChI is InChI=1S/C6H4Cl2O3S.Na.H/c7-5-2-1-4(3-6(5)8)12(9,10)11;;/h1-3H,(H,9,10,11);;/q;+1;-1. The molecule has 0 aliphatic rings. The van der Waals surface area contributed by atoms with Gasteiger partial charge in [-0.05, 0) is 18.2 Å². The van der Waals surface area contributed by atoms with Crippen LogP contribution in [-0.4, -0.2) is 13.0 Å². The zero-order chi connectivity index (χ0) is 9.35. The molecule has 0 saturated heterocycles. The first-order chi connectivity index (χ1) is 5.41. The quantitative estimate of drug-likeness (QED) is 0.533. The van der Waals surface area contributed by atoms with Crippen molar-refractivity contribution in [1.29, 1.82) is 0 Å². The van der Waals surface area contributed by atoms with Crippen LogP contribution in [-0.2, 0) is 10.1 Å². The van der Waals surface area contributed by atoms with Gasteiger partial charge in [0, 0.05) is 0 Å². The minimum atomic E-state index is -4.19. The van der Waals surface area contributed by atoms with Gasteiger partial charge in [0.1, 0.15) is 0 Å². The summed E-state index contributed by atoms with van der Waals surface area (Å²) in [5, 5.41) is 0.329. The molecule has 0 aromatic heterocycles. The van der Waals surface area contributed by atoms with Crippen molar-refractivity contribution in [2.75, 3.05) is 0 Å². The van der Waals surface area contributed by atoms with Gasteiger partial charge in [-0.15, -0.1) is 0 Å². The second-order valence-electron chi connectivity index (χ2n) is 2.05. The Morgan fingerprint density at radius 3 is 2.15 bits per heavy atom. The molecule has 1 aromatic rings. The zero-order valence-electron chi connectivity index (χ0n) is 7.66. The molecule has 0 saturated carbocycles. The van der Waals surface area contributed by atoms with Gasteiger partial charge in [-0.2, -0.15) is 8.42 Å². The third-order valence-electron chi connectivity index (χ3n) is 1.19. The van der Waals surface area contributed by atoms with E-state index in [4.69, 9.17) is 27.8 Å². The predicted octanol–water partition coefficient (Wildman–Crippen LogP) is -0.643. The fraction of sp³-hybridized carbons (Fsp3) is 0. The van der Waals surface area contributed by atoms with Crippen LogP contribution in [0, 0.1) is 0 Å². The van der Waals surface area contributed by atoms with Crippen LogP contribution in [0.25, 0.3) is 0 Å². The van der Waals surface area contributed by atoms with E-state index in [0.29, 0.717) is 0 Å². The first-order valence-corrected chi connectivity index (χ1v) is 5.03. The van der Waals surface area contributed by atoms with Crippen molar-refractivity contribution in [2.24, 2.45) is 0 Å². The normalized spacial score (nSPS) is 10.7. The summed E-state index contributed by atoms with van der Waals surface area (Å²) in [5.41, 5.74) is 0. The van der Waals surface area contributed by atoms with Crippen LogP contribution < -0.4 is 29.6 Å². The van der Waals surface area contributed by atoms with Gasteiger partial charge in [-0.3, -0.25) is 4.55 Å². The predicted molar refractivity (Wildman–Crippen MR) is 47.4 cm³/mol. The van der Waals surface area contributed by atoms with Crippen LogP contribution >= 0.6 is 23.2 Å². The second-order valence-corrected chi connectivity index (χ2v) is 4.29. The van der Waals surface area contributed by atoms with Gasteiger partial charge in [0.15, 0.2) is 0 Å². The fourth-order valence-electron chi connectivity index (χ4n) is 0.637. The molecule has 1 rings (SSSR count). The molecule has 0 amide bonds. The molecule has 0 radical (unpaired) electrons. The third kappa shape index (κ3) is 3.75. The molecule has 13 heavy (non-hydrogen) atoms. The van der Waals surface area contributed by atoms with E-state index in [9.17, 15) is 8.42 Å². The Morgan fingerprint density at radius 1 is 1.23 bits per heavy atom. The molecule has 0 aliphatic carbocycles. The molecule has 0 fully saturated rings. The molecular weight excluding hydrogens is 246 g/mol. The molecular formula is C6H5Cl2NaO3S. The van der Waals surface area contributed by atoms with Crippen LogP contribution in [0.4, 0.5) is 0 Å². The molecule has 0 spiro atoms. The minimum Gasteiger partial charge on any atom is -1.00 e. The van der Waals surface area contributed by atoms with Crippen molar-refractivity contribution in [1.82, 2.24) is 0 Å². The van der Waals surface area contributed by atoms with Crippen molar-refractivity contribution in [3.8, 4) is 0 Å². The van der Waals surface area contributed by atoms with E-state index in [1.807, 2.05) is 0 Å². The summed E-state index contributed by atoms with van der Waals surface area (Å²) >= 11 is 11.0. The number of hydrogen-bond donors (Lipinski definition) is 1. The molecule has 0 bridgehead atoms. The van der Waals surface area contributed by atoms with Gasteiger partial charge in [0.05, 0.1) is 14.9 Å². The Hall–Kier alpha value is 0.710. The number of halogens is 2. The largest absolute Gasteiger partial charge is 1.00 e. The zero-order valence-corrected chi connectivity index (χ0v) is 11.0. The molecule has 1 aromatic carbocycles. The molecule has 68 valence electrons. The Kier molecular flexibility index (Phi) is 5.25.